The first kappa shape index (κ1) is 20.6. The van der Waals surface area contributed by atoms with Crippen LogP contribution in [-0.4, -0.2) is 18.5 Å². The number of ether oxygens (including phenoxy) is 1. The molecule has 0 N–H and O–H groups in total. The Labute approximate surface area is 181 Å². The summed E-state index contributed by atoms with van der Waals surface area (Å²) in [7, 11) is 0. The van der Waals surface area contributed by atoms with Crippen LogP contribution in [-0.2, 0) is 14.3 Å². The number of hydrogen-bond donors (Lipinski definition) is 0. The second-order valence-corrected chi connectivity index (χ2v) is 7.76. The van der Waals surface area contributed by atoms with Gasteiger partial charge in [0, 0.05) is 15.9 Å². The summed E-state index contributed by atoms with van der Waals surface area (Å²) in [6.07, 6.45) is 1.62. The van der Waals surface area contributed by atoms with E-state index in [2.05, 4.69) is 15.9 Å². The van der Waals surface area contributed by atoms with E-state index in [0.717, 1.165) is 4.47 Å². The minimum Gasteiger partial charge on any atom is -0.462 e. The molecule has 4 nitrogen and oxygen atoms in total. The quantitative estimate of drug-likeness (QED) is 0.396. The van der Waals surface area contributed by atoms with Gasteiger partial charge in [0.2, 0.25) is 0 Å². The number of halogens is 3. The Morgan fingerprint density at radius 1 is 1.14 bits per heavy atom. The van der Waals surface area contributed by atoms with Crippen LogP contribution in [0.5, 0.6) is 0 Å². The molecule has 144 valence electrons. The Hall–Kier alpha value is -2.08. The van der Waals surface area contributed by atoms with Crippen LogP contribution >= 0.6 is 39.1 Å². The minimum atomic E-state index is -0.542. The topological polar surface area (TPSA) is 46.6 Å². The van der Waals surface area contributed by atoms with Crippen molar-refractivity contribution in [1.29, 1.82) is 0 Å². The lowest BCUT2D eigenvalue weighted by molar-refractivity contribution is -0.138. The van der Waals surface area contributed by atoms with Crippen molar-refractivity contribution in [2.75, 3.05) is 11.5 Å². The molecule has 0 fully saturated rings. The highest BCUT2D eigenvalue weighted by atomic mass is 79.9. The van der Waals surface area contributed by atoms with E-state index in [9.17, 15) is 9.59 Å². The second-order valence-electron chi connectivity index (χ2n) is 6.03. The minimum absolute atomic E-state index is 0.210. The smallest absolute Gasteiger partial charge is 0.340 e. The van der Waals surface area contributed by atoms with Gasteiger partial charge in [-0.05, 0) is 61.9 Å². The monoisotopic (exact) mass is 479 g/mol. The molecule has 0 aliphatic carbocycles. The molecule has 0 saturated heterocycles. The predicted molar refractivity (Wildman–Crippen MR) is 115 cm³/mol. The highest BCUT2D eigenvalue weighted by Crippen LogP contribution is 2.36. The maximum atomic E-state index is 13.2. The fourth-order valence-corrected chi connectivity index (χ4v) is 3.52. The van der Waals surface area contributed by atoms with E-state index in [-0.39, 0.29) is 23.7 Å². The molecule has 28 heavy (non-hydrogen) atoms. The summed E-state index contributed by atoms with van der Waals surface area (Å²) in [6.45, 7) is 3.66. The number of hydrogen-bond acceptors (Lipinski definition) is 3. The zero-order valence-electron chi connectivity index (χ0n) is 15.1. The van der Waals surface area contributed by atoms with Crippen LogP contribution in [0.3, 0.4) is 0 Å². The van der Waals surface area contributed by atoms with Crippen LogP contribution in [0.25, 0.3) is 6.08 Å². The number of nitrogens with zero attached hydrogens (tertiary/aromatic N) is 1. The fourth-order valence-electron chi connectivity index (χ4n) is 2.95. The number of allylic oxidation sites excluding steroid dienone is 1. The molecule has 7 heteroatoms. The molecule has 0 aromatic heterocycles. The van der Waals surface area contributed by atoms with E-state index in [1.165, 1.54) is 4.90 Å². The molecule has 1 aliphatic heterocycles. The van der Waals surface area contributed by atoms with Crippen LogP contribution in [0.4, 0.5) is 5.69 Å². The summed E-state index contributed by atoms with van der Waals surface area (Å²) in [6, 6.07) is 12.3. The first-order valence-electron chi connectivity index (χ1n) is 8.48. The molecule has 1 heterocycles. The Morgan fingerprint density at radius 3 is 2.43 bits per heavy atom. The van der Waals surface area contributed by atoms with Crippen LogP contribution in [0.15, 0.2) is 63.8 Å². The van der Waals surface area contributed by atoms with Crippen LogP contribution < -0.4 is 4.90 Å². The summed E-state index contributed by atoms with van der Waals surface area (Å²) >= 11 is 15.4. The third-order valence-electron chi connectivity index (χ3n) is 4.22. The molecule has 0 saturated carbocycles. The van der Waals surface area contributed by atoms with E-state index in [4.69, 9.17) is 27.9 Å². The number of amides is 1. The lowest BCUT2D eigenvalue weighted by Gasteiger charge is -2.18. The van der Waals surface area contributed by atoms with Gasteiger partial charge in [0.05, 0.1) is 27.8 Å². The van der Waals surface area contributed by atoms with E-state index >= 15 is 0 Å². The van der Waals surface area contributed by atoms with Gasteiger partial charge in [-0.25, -0.2) is 4.79 Å². The molecule has 0 spiro atoms. The van der Waals surface area contributed by atoms with Crippen molar-refractivity contribution in [3.05, 3.63) is 79.4 Å². The van der Waals surface area contributed by atoms with E-state index in [0.29, 0.717) is 27.0 Å². The molecule has 1 amide bonds. The average molecular weight is 481 g/mol. The van der Waals surface area contributed by atoms with Crippen molar-refractivity contribution < 1.29 is 14.3 Å². The Balaban J connectivity index is 2.13. The van der Waals surface area contributed by atoms with Gasteiger partial charge < -0.3 is 4.74 Å². The molecule has 3 rings (SSSR count). The first-order valence-corrected chi connectivity index (χ1v) is 10.0. The number of carbonyl (C=O) groups is 2. The number of rotatable bonds is 4. The van der Waals surface area contributed by atoms with Crippen LogP contribution in [0, 0.1) is 0 Å². The first-order chi connectivity index (χ1) is 13.3. The molecular formula is C21H16BrCl2NO3. The normalized spacial score (nSPS) is 15.5. The van der Waals surface area contributed by atoms with Gasteiger partial charge in [0.25, 0.3) is 5.91 Å². The summed E-state index contributed by atoms with van der Waals surface area (Å²) in [5.41, 5.74) is 2.31. The SMILES string of the molecule is CCOC(=O)C1=C(C)N(c2ccc(Br)cc2)C(=O)/C1=C\c1ccc(Cl)c(Cl)c1. The fraction of sp³-hybridized carbons (Fsp3) is 0.143. The molecule has 1 aliphatic rings. The molecule has 2 aromatic rings. The van der Waals surface area contributed by atoms with Crippen molar-refractivity contribution in [2.24, 2.45) is 0 Å². The number of carbonyl (C=O) groups excluding carboxylic acids is 2. The second kappa shape index (κ2) is 8.52. The van der Waals surface area contributed by atoms with Gasteiger partial charge >= 0.3 is 5.97 Å². The zero-order valence-corrected chi connectivity index (χ0v) is 18.2. The van der Waals surface area contributed by atoms with E-state index in [1.807, 2.05) is 12.1 Å². The van der Waals surface area contributed by atoms with Gasteiger partial charge in [-0.2, -0.15) is 0 Å². The molecule has 0 bridgehead atoms. The van der Waals surface area contributed by atoms with Gasteiger partial charge in [-0.15, -0.1) is 0 Å². The van der Waals surface area contributed by atoms with Gasteiger partial charge in [-0.1, -0.05) is 45.2 Å². The Morgan fingerprint density at radius 2 is 1.82 bits per heavy atom. The largest absolute Gasteiger partial charge is 0.462 e. The number of esters is 1. The van der Waals surface area contributed by atoms with Crippen LogP contribution in [0.2, 0.25) is 10.0 Å². The molecular weight excluding hydrogens is 465 g/mol. The van der Waals surface area contributed by atoms with E-state index < -0.39 is 5.97 Å². The number of anilines is 1. The van der Waals surface area contributed by atoms with Crippen molar-refractivity contribution >= 4 is 62.8 Å². The van der Waals surface area contributed by atoms with Crippen molar-refractivity contribution in [2.45, 2.75) is 13.8 Å². The third-order valence-corrected chi connectivity index (χ3v) is 5.49. The van der Waals surface area contributed by atoms with Gasteiger partial charge in [-0.3, -0.25) is 9.69 Å². The zero-order chi connectivity index (χ0) is 20.4. The van der Waals surface area contributed by atoms with Gasteiger partial charge in [0.1, 0.15) is 0 Å². The van der Waals surface area contributed by atoms with Crippen molar-refractivity contribution in [3.8, 4) is 0 Å². The Kier molecular flexibility index (Phi) is 6.28. The molecule has 0 radical (unpaired) electrons. The van der Waals surface area contributed by atoms with Crippen LogP contribution in [0.1, 0.15) is 19.4 Å². The lowest BCUT2D eigenvalue weighted by atomic mass is 10.0. The van der Waals surface area contributed by atoms with Gasteiger partial charge in [0.15, 0.2) is 0 Å². The molecule has 0 atom stereocenters. The number of benzene rings is 2. The van der Waals surface area contributed by atoms with E-state index in [1.54, 1.807) is 50.3 Å². The highest BCUT2D eigenvalue weighted by molar-refractivity contribution is 9.10. The predicted octanol–water partition coefficient (Wildman–Crippen LogP) is 6.02. The highest BCUT2D eigenvalue weighted by Gasteiger charge is 2.38. The average Bonchev–Trinajstić information content (AvgIpc) is 2.89. The summed E-state index contributed by atoms with van der Waals surface area (Å²) in [5, 5.41) is 0.778. The molecule has 2 aromatic carbocycles. The van der Waals surface area contributed by atoms with Crippen molar-refractivity contribution in [1.82, 2.24) is 0 Å². The molecule has 0 unspecified atom stereocenters. The Bertz CT molecular complexity index is 1010. The summed E-state index contributed by atoms with van der Waals surface area (Å²) < 4.78 is 6.08. The maximum Gasteiger partial charge on any atom is 0.340 e. The lowest BCUT2D eigenvalue weighted by Crippen LogP contribution is -2.24. The third kappa shape index (κ3) is 4.02. The maximum absolute atomic E-state index is 13.2. The summed E-state index contributed by atoms with van der Waals surface area (Å²) in [5.74, 6) is -0.853. The summed E-state index contributed by atoms with van der Waals surface area (Å²) in [4.78, 5) is 27.3. The van der Waals surface area contributed by atoms with Crippen molar-refractivity contribution in [3.63, 3.8) is 0 Å². The standard InChI is InChI=1S/C21H16BrCl2NO3/c1-3-28-21(27)19-12(2)25(15-7-5-14(22)6-8-15)20(26)16(19)10-13-4-9-17(23)18(24)11-13/h4-11H,3H2,1-2H3/b16-10-.